The van der Waals surface area contributed by atoms with Crippen molar-refractivity contribution in [2.24, 2.45) is 17.6 Å². The van der Waals surface area contributed by atoms with Gasteiger partial charge in [-0.3, -0.25) is 0 Å². The van der Waals surface area contributed by atoms with Crippen LogP contribution in [-0.4, -0.2) is 31.9 Å². The molecular formula is C12H18N2O2S2. The molecule has 0 aromatic carbocycles. The first kappa shape index (κ1) is 12.6. The van der Waals surface area contributed by atoms with Crippen LogP contribution in [-0.2, 0) is 10.0 Å². The second-order valence-corrected chi connectivity index (χ2v) is 8.81. The molecule has 0 radical (unpaired) electrons. The molecule has 1 aromatic rings. The molecule has 2 aliphatic rings. The fraction of sp³-hybridized carbons (Fsp3) is 0.667. The topological polar surface area (TPSA) is 63.4 Å². The van der Waals surface area contributed by atoms with Gasteiger partial charge in [-0.25, -0.2) is 8.42 Å². The molecule has 1 aliphatic carbocycles. The van der Waals surface area contributed by atoms with E-state index in [9.17, 15) is 8.42 Å². The van der Waals surface area contributed by atoms with E-state index in [0.717, 1.165) is 17.7 Å². The normalized spacial score (nSPS) is 32.9. The van der Waals surface area contributed by atoms with Gasteiger partial charge in [0.25, 0.3) is 10.0 Å². The Morgan fingerprint density at radius 1 is 1.28 bits per heavy atom. The zero-order valence-corrected chi connectivity index (χ0v) is 12.0. The highest BCUT2D eigenvalue weighted by Crippen LogP contribution is 2.38. The lowest BCUT2D eigenvalue weighted by Crippen LogP contribution is -2.50. The van der Waals surface area contributed by atoms with Gasteiger partial charge in [-0.05, 0) is 43.7 Å². The zero-order valence-electron chi connectivity index (χ0n) is 10.4. The Labute approximate surface area is 112 Å². The lowest BCUT2D eigenvalue weighted by Gasteiger charge is -2.34. The maximum absolute atomic E-state index is 12.5. The molecule has 1 unspecified atom stereocenters. The first-order valence-electron chi connectivity index (χ1n) is 6.30. The summed E-state index contributed by atoms with van der Waals surface area (Å²) in [5.74, 6) is 0.694. The lowest BCUT2D eigenvalue weighted by atomic mass is 9.95. The van der Waals surface area contributed by atoms with Gasteiger partial charge in [0.15, 0.2) is 0 Å². The van der Waals surface area contributed by atoms with Crippen LogP contribution in [0.15, 0.2) is 16.3 Å². The average molecular weight is 286 g/mol. The number of piperidine rings is 1. The van der Waals surface area contributed by atoms with Crippen LogP contribution in [0.4, 0.5) is 0 Å². The van der Waals surface area contributed by atoms with Gasteiger partial charge in [0.05, 0.1) is 0 Å². The zero-order chi connectivity index (χ0) is 12.9. The summed E-state index contributed by atoms with van der Waals surface area (Å²) in [4.78, 5) is 1.03. The molecule has 100 valence electrons. The largest absolute Gasteiger partial charge is 0.327 e. The van der Waals surface area contributed by atoms with Crippen LogP contribution in [0.1, 0.15) is 17.7 Å². The molecule has 1 aliphatic heterocycles. The van der Waals surface area contributed by atoms with Crippen LogP contribution >= 0.6 is 11.3 Å². The van der Waals surface area contributed by atoms with Gasteiger partial charge in [-0.15, -0.1) is 11.3 Å². The van der Waals surface area contributed by atoms with Gasteiger partial charge in [-0.2, -0.15) is 4.31 Å². The van der Waals surface area contributed by atoms with Crippen molar-refractivity contribution in [3.63, 3.8) is 0 Å². The predicted molar refractivity (Wildman–Crippen MR) is 72.0 cm³/mol. The molecule has 2 N–H and O–H groups in total. The molecule has 2 bridgehead atoms. The molecule has 0 spiro atoms. The van der Waals surface area contributed by atoms with Gasteiger partial charge in [0.2, 0.25) is 0 Å². The minimum absolute atomic E-state index is 0.196. The van der Waals surface area contributed by atoms with Crippen molar-refractivity contribution >= 4 is 21.4 Å². The Bertz CT molecular complexity index is 538. The van der Waals surface area contributed by atoms with Crippen molar-refractivity contribution < 1.29 is 8.42 Å². The third-order valence-corrected chi connectivity index (χ3v) is 7.48. The summed E-state index contributed by atoms with van der Waals surface area (Å²) in [6.07, 6.45) is 2.14. The number of hydrogen-bond donors (Lipinski definition) is 1. The van der Waals surface area contributed by atoms with E-state index >= 15 is 0 Å². The summed E-state index contributed by atoms with van der Waals surface area (Å²) >= 11 is 1.35. The van der Waals surface area contributed by atoms with Gasteiger partial charge in [0.1, 0.15) is 4.21 Å². The van der Waals surface area contributed by atoms with E-state index in [1.165, 1.54) is 11.3 Å². The third kappa shape index (κ3) is 1.91. The van der Waals surface area contributed by atoms with Crippen molar-refractivity contribution in [1.82, 2.24) is 4.31 Å². The van der Waals surface area contributed by atoms with E-state index in [1.807, 2.05) is 13.0 Å². The van der Waals surface area contributed by atoms with Crippen LogP contribution < -0.4 is 5.73 Å². The Balaban J connectivity index is 1.88. The van der Waals surface area contributed by atoms with Crippen molar-refractivity contribution in [3.05, 3.63) is 17.0 Å². The van der Waals surface area contributed by atoms with E-state index in [-0.39, 0.29) is 6.04 Å². The number of sulfonamides is 1. The fourth-order valence-electron chi connectivity index (χ4n) is 3.10. The van der Waals surface area contributed by atoms with Gasteiger partial charge < -0.3 is 5.73 Å². The highest BCUT2D eigenvalue weighted by molar-refractivity contribution is 7.91. The number of thiophene rings is 1. The fourth-order valence-corrected chi connectivity index (χ4v) is 6.09. The summed E-state index contributed by atoms with van der Waals surface area (Å²) in [6, 6.07) is 3.77. The summed E-state index contributed by atoms with van der Waals surface area (Å²) in [5, 5.41) is 0. The Morgan fingerprint density at radius 2 is 1.89 bits per heavy atom. The number of fused-ring (bicyclic) bond motifs is 2. The van der Waals surface area contributed by atoms with Crippen LogP contribution in [0.25, 0.3) is 0 Å². The standard InChI is InChI=1S/C12H18N2O2S2/c1-8-2-5-11(17-8)18(15,16)14-6-9-3-4-10(7-14)12(9)13/h2,5,9-10,12H,3-4,6-7,13H2,1H3/t9-,10+,12?. The summed E-state index contributed by atoms with van der Waals surface area (Å²) in [5.41, 5.74) is 6.11. The van der Waals surface area contributed by atoms with E-state index < -0.39 is 10.0 Å². The van der Waals surface area contributed by atoms with E-state index in [4.69, 9.17) is 5.73 Å². The molecule has 2 fully saturated rings. The van der Waals surface area contributed by atoms with Crippen LogP contribution in [0.5, 0.6) is 0 Å². The van der Waals surface area contributed by atoms with E-state index in [2.05, 4.69) is 0 Å². The highest BCUT2D eigenvalue weighted by Gasteiger charge is 2.43. The van der Waals surface area contributed by atoms with E-state index in [0.29, 0.717) is 29.1 Å². The summed E-state index contributed by atoms with van der Waals surface area (Å²) in [7, 11) is -3.29. The quantitative estimate of drug-likeness (QED) is 0.894. The number of rotatable bonds is 2. The van der Waals surface area contributed by atoms with Gasteiger partial charge in [0, 0.05) is 24.0 Å². The van der Waals surface area contributed by atoms with Crippen LogP contribution in [0.2, 0.25) is 0 Å². The van der Waals surface area contributed by atoms with Crippen molar-refractivity contribution in [3.8, 4) is 0 Å². The first-order valence-corrected chi connectivity index (χ1v) is 8.56. The SMILES string of the molecule is Cc1ccc(S(=O)(=O)N2C[C@H]3CC[C@@H](C2)C3N)s1. The van der Waals surface area contributed by atoms with Crippen LogP contribution in [0, 0.1) is 18.8 Å². The van der Waals surface area contributed by atoms with E-state index in [1.54, 1.807) is 10.4 Å². The monoisotopic (exact) mass is 286 g/mol. The minimum atomic E-state index is -3.29. The minimum Gasteiger partial charge on any atom is -0.327 e. The third-order valence-electron chi connectivity index (χ3n) is 4.18. The number of aryl methyl sites for hydroxylation is 1. The molecule has 18 heavy (non-hydrogen) atoms. The maximum atomic E-state index is 12.5. The number of hydrogen-bond acceptors (Lipinski definition) is 4. The molecule has 4 nitrogen and oxygen atoms in total. The number of nitrogens with zero attached hydrogens (tertiary/aromatic N) is 1. The molecule has 0 amide bonds. The lowest BCUT2D eigenvalue weighted by molar-refractivity contribution is 0.228. The molecule has 1 aromatic heterocycles. The maximum Gasteiger partial charge on any atom is 0.252 e. The Morgan fingerprint density at radius 3 is 2.39 bits per heavy atom. The first-order chi connectivity index (χ1) is 8.48. The summed E-state index contributed by atoms with van der Waals surface area (Å²) in [6.45, 7) is 3.12. The van der Waals surface area contributed by atoms with Gasteiger partial charge >= 0.3 is 0 Å². The molecular weight excluding hydrogens is 268 g/mol. The Hall–Kier alpha value is -0.430. The van der Waals surface area contributed by atoms with Crippen molar-refractivity contribution in [2.45, 2.75) is 30.0 Å². The van der Waals surface area contributed by atoms with Crippen molar-refractivity contribution in [1.29, 1.82) is 0 Å². The summed E-state index contributed by atoms with van der Waals surface area (Å²) < 4.78 is 27.2. The van der Waals surface area contributed by atoms with Crippen LogP contribution in [0.3, 0.4) is 0 Å². The molecule has 3 atom stereocenters. The number of nitrogens with two attached hydrogens (primary N) is 1. The molecule has 2 heterocycles. The van der Waals surface area contributed by atoms with Crippen molar-refractivity contribution in [2.75, 3.05) is 13.1 Å². The average Bonchev–Trinajstić information content (AvgIpc) is 2.81. The smallest absolute Gasteiger partial charge is 0.252 e. The molecule has 6 heteroatoms. The predicted octanol–water partition coefficient (Wildman–Crippen LogP) is 1.41. The second-order valence-electron chi connectivity index (χ2n) is 5.36. The molecule has 3 rings (SSSR count). The highest BCUT2D eigenvalue weighted by atomic mass is 32.2. The Kier molecular flexibility index (Phi) is 3.01. The molecule has 1 saturated carbocycles. The second kappa shape index (κ2) is 4.30. The van der Waals surface area contributed by atoms with Gasteiger partial charge in [-0.1, -0.05) is 0 Å². The molecule has 1 saturated heterocycles.